The van der Waals surface area contributed by atoms with Gasteiger partial charge >= 0.3 is 0 Å². The summed E-state index contributed by atoms with van der Waals surface area (Å²) in [6.07, 6.45) is 1.57. The highest BCUT2D eigenvalue weighted by molar-refractivity contribution is 4.77. The predicted octanol–water partition coefficient (Wildman–Crippen LogP) is 1.41. The van der Waals surface area contributed by atoms with E-state index < -0.39 is 0 Å². The molecule has 2 atom stereocenters. The molecule has 0 bridgehead atoms. The predicted molar refractivity (Wildman–Crippen MR) is 46.7 cm³/mol. The fourth-order valence-electron chi connectivity index (χ4n) is 1.33. The second-order valence-electron chi connectivity index (χ2n) is 3.62. The van der Waals surface area contributed by atoms with Gasteiger partial charge in [0.05, 0.1) is 12.7 Å². The Labute approximate surface area is 69.3 Å². The summed E-state index contributed by atoms with van der Waals surface area (Å²) < 4.78 is 5.64. The standard InChI is InChI=1S/C9H19NO/c1-4-8-5-10-9(6-11-8)7(2)3/h7-10H,4-6H2,1-3H3. The Bertz CT molecular complexity index is 106. The number of rotatable bonds is 2. The fourth-order valence-corrected chi connectivity index (χ4v) is 1.33. The van der Waals surface area contributed by atoms with Crippen LogP contribution in [-0.4, -0.2) is 25.3 Å². The van der Waals surface area contributed by atoms with Crippen LogP contribution in [0.4, 0.5) is 0 Å². The van der Waals surface area contributed by atoms with Gasteiger partial charge in [0.2, 0.25) is 0 Å². The van der Waals surface area contributed by atoms with Gasteiger partial charge in [0.25, 0.3) is 0 Å². The SMILES string of the molecule is CCC1CNC(C(C)C)CO1. The van der Waals surface area contributed by atoms with Crippen molar-refractivity contribution >= 4 is 0 Å². The lowest BCUT2D eigenvalue weighted by Gasteiger charge is -2.32. The molecule has 0 saturated carbocycles. The molecule has 0 spiro atoms. The molecule has 2 heteroatoms. The van der Waals surface area contributed by atoms with Gasteiger partial charge in [-0.3, -0.25) is 0 Å². The Morgan fingerprint density at radius 2 is 2.27 bits per heavy atom. The summed E-state index contributed by atoms with van der Waals surface area (Å²) in [4.78, 5) is 0. The first-order valence-electron chi connectivity index (χ1n) is 4.59. The molecule has 1 aliphatic heterocycles. The lowest BCUT2D eigenvalue weighted by Crippen LogP contribution is -2.48. The van der Waals surface area contributed by atoms with E-state index in [1.165, 1.54) is 0 Å². The molecule has 0 amide bonds. The van der Waals surface area contributed by atoms with E-state index in [4.69, 9.17) is 4.74 Å². The van der Waals surface area contributed by atoms with E-state index >= 15 is 0 Å². The van der Waals surface area contributed by atoms with Crippen molar-refractivity contribution in [2.75, 3.05) is 13.2 Å². The van der Waals surface area contributed by atoms with Crippen LogP contribution in [0.1, 0.15) is 27.2 Å². The summed E-state index contributed by atoms with van der Waals surface area (Å²) >= 11 is 0. The van der Waals surface area contributed by atoms with Crippen molar-refractivity contribution in [3.63, 3.8) is 0 Å². The van der Waals surface area contributed by atoms with E-state index in [1.807, 2.05) is 0 Å². The molecule has 1 heterocycles. The highest BCUT2D eigenvalue weighted by Crippen LogP contribution is 2.10. The lowest BCUT2D eigenvalue weighted by molar-refractivity contribution is -0.00720. The van der Waals surface area contributed by atoms with Crippen LogP contribution in [0.15, 0.2) is 0 Å². The van der Waals surface area contributed by atoms with Gasteiger partial charge in [-0.05, 0) is 12.3 Å². The topological polar surface area (TPSA) is 21.3 Å². The van der Waals surface area contributed by atoms with E-state index in [0.717, 1.165) is 19.6 Å². The summed E-state index contributed by atoms with van der Waals surface area (Å²) in [5.41, 5.74) is 0. The zero-order valence-corrected chi connectivity index (χ0v) is 7.76. The van der Waals surface area contributed by atoms with Crippen molar-refractivity contribution in [1.29, 1.82) is 0 Å². The van der Waals surface area contributed by atoms with Gasteiger partial charge in [-0.25, -0.2) is 0 Å². The van der Waals surface area contributed by atoms with Gasteiger partial charge < -0.3 is 10.1 Å². The largest absolute Gasteiger partial charge is 0.375 e. The Balaban J connectivity index is 2.24. The summed E-state index contributed by atoms with van der Waals surface area (Å²) in [6, 6.07) is 0.567. The van der Waals surface area contributed by atoms with Gasteiger partial charge in [0.15, 0.2) is 0 Å². The molecule has 2 unspecified atom stereocenters. The maximum absolute atomic E-state index is 5.64. The minimum Gasteiger partial charge on any atom is -0.375 e. The maximum atomic E-state index is 5.64. The van der Waals surface area contributed by atoms with Crippen molar-refractivity contribution in [1.82, 2.24) is 5.32 Å². The monoisotopic (exact) mass is 157 g/mol. The van der Waals surface area contributed by atoms with Crippen LogP contribution < -0.4 is 5.32 Å². The smallest absolute Gasteiger partial charge is 0.0697 e. The van der Waals surface area contributed by atoms with E-state index in [9.17, 15) is 0 Å². The number of ether oxygens (including phenoxy) is 1. The average molecular weight is 157 g/mol. The van der Waals surface area contributed by atoms with E-state index in [1.54, 1.807) is 0 Å². The molecule has 1 N–H and O–H groups in total. The molecule has 66 valence electrons. The van der Waals surface area contributed by atoms with Crippen molar-refractivity contribution in [2.45, 2.75) is 39.3 Å². The lowest BCUT2D eigenvalue weighted by atomic mass is 10.0. The Hall–Kier alpha value is -0.0800. The zero-order valence-electron chi connectivity index (χ0n) is 7.76. The molecular weight excluding hydrogens is 138 g/mol. The van der Waals surface area contributed by atoms with Crippen LogP contribution in [0.5, 0.6) is 0 Å². The zero-order chi connectivity index (χ0) is 8.27. The highest BCUT2D eigenvalue weighted by atomic mass is 16.5. The third-order valence-electron chi connectivity index (χ3n) is 2.38. The van der Waals surface area contributed by atoms with Crippen LogP contribution in [0.25, 0.3) is 0 Å². The molecule has 11 heavy (non-hydrogen) atoms. The summed E-state index contributed by atoms with van der Waals surface area (Å²) in [5, 5.41) is 3.49. The van der Waals surface area contributed by atoms with Crippen LogP contribution in [0.2, 0.25) is 0 Å². The van der Waals surface area contributed by atoms with Crippen LogP contribution in [-0.2, 0) is 4.74 Å². The molecule has 2 nitrogen and oxygen atoms in total. The molecule has 0 aliphatic carbocycles. The summed E-state index contributed by atoms with van der Waals surface area (Å²) in [6.45, 7) is 8.54. The minimum absolute atomic E-state index is 0.449. The van der Waals surface area contributed by atoms with Crippen LogP contribution in [0, 0.1) is 5.92 Å². The second-order valence-corrected chi connectivity index (χ2v) is 3.62. The first kappa shape index (κ1) is 9.01. The molecule has 0 aromatic rings. The van der Waals surface area contributed by atoms with Gasteiger partial charge in [-0.1, -0.05) is 20.8 Å². The van der Waals surface area contributed by atoms with Gasteiger partial charge in [-0.2, -0.15) is 0 Å². The summed E-state index contributed by atoms with van der Waals surface area (Å²) in [7, 11) is 0. The van der Waals surface area contributed by atoms with Crippen LogP contribution >= 0.6 is 0 Å². The molecule has 1 aliphatic rings. The van der Waals surface area contributed by atoms with E-state index in [-0.39, 0.29) is 0 Å². The number of morpholine rings is 1. The molecule has 1 fully saturated rings. The van der Waals surface area contributed by atoms with Crippen molar-refractivity contribution in [3.8, 4) is 0 Å². The molecule has 0 aromatic carbocycles. The molecule has 0 radical (unpaired) electrons. The maximum Gasteiger partial charge on any atom is 0.0697 e. The molecular formula is C9H19NO. The average Bonchev–Trinajstić information content (AvgIpc) is 2.05. The number of hydrogen-bond acceptors (Lipinski definition) is 2. The van der Waals surface area contributed by atoms with E-state index in [2.05, 4.69) is 26.1 Å². The van der Waals surface area contributed by atoms with E-state index in [0.29, 0.717) is 18.1 Å². The highest BCUT2D eigenvalue weighted by Gasteiger charge is 2.21. The van der Waals surface area contributed by atoms with Gasteiger partial charge in [0.1, 0.15) is 0 Å². The summed E-state index contributed by atoms with van der Waals surface area (Å²) in [5.74, 6) is 0.688. The normalized spacial score (nSPS) is 32.7. The Kier molecular flexibility index (Phi) is 3.34. The molecule has 1 saturated heterocycles. The quantitative estimate of drug-likeness (QED) is 0.654. The van der Waals surface area contributed by atoms with Gasteiger partial charge in [0, 0.05) is 12.6 Å². The minimum atomic E-state index is 0.449. The molecule has 0 aromatic heterocycles. The van der Waals surface area contributed by atoms with Gasteiger partial charge in [-0.15, -0.1) is 0 Å². The first-order valence-corrected chi connectivity index (χ1v) is 4.59. The van der Waals surface area contributed by atoms with Crippen molar-refractivity contribution in [3.05, 3.63) is 0 Å². The third-order valence-corrected chi connectivity index (χ3v) is 2.38. The molecule has 1 rings (SSSR count). The number of nitrogens with one attached hydrogen (secondary N) is 1. The Morgan fingerprint density at radius 3 is 2.64 bits per heavy atom. The third kappa shape index (κ3) is 2.46. The fraction of sp³-hybridized carbons (Fsp3) is 1.00. The van der Waals surface area contributed by atoms with Crippen LogP contribution in [0.3, 0.4) is 0 Å². The van der Waals surface area contributed by atoms with Crippen molar-refractivity contribution < 1.29 is 4.74 Å². The van der Waals surface area contributed by atoms with Crippen molar-refractivity contribution in [2.24, 2.45) is 5.92 Å². The Morgan fingerprint density at radius 1 is 1.55 bits per heavy atom. The second kappa shape index (κ2) is 4.07. The number of hydrogen-bond donors (Lipinski definition) is 1. The first-order chi connectivity index (χ1) is 5.24.